The number of aryl methyl sites for hydroxylation is 1. The number of halogens is 3. The van der Waals surface area contributed by atoms with E-state index in [1.807, 2.05) is 0 Å². The second kappa shape index (κ2) is 8.04. The largest absolute Gasteiger partial charge is 0.476 e. The molecule has 1 fully saturated rings. The average molecular weight is 415 g/mol. The topological polar surface area (TPSA) is 72.4 Å². The molecule has 28 heavy (non-hydrogen) atoms. The molecule has 1 unspecified atom stereocenters. The molecule has 1 aliphatic heterocycles. The molecule has 10 heteroatoms. The van der Waals surface area contributed by atoms with E-state index >= 15 is 0 Å². The van der Waals surface area contributed by atoms with Crippen molar-refractivity contribution in [2.24, 2.45) is 5.92 Å². The normalized spacial score (nSPS) is 18.4. The molecule has 2 heterocycles. The van der Waals surface area contributed by atoms with E-state index in [0.29, 0.717) is 25.5 Å². The highest BCUT2D eigenvalue weighted by Crippen LogP contribution is 2.30. The fourth-order valence-electron chi connectivity index (χ4n) is 2.99. The number of rotatable bonds is 6. The van der Waals surface area contributed by atoms with E-state index in [2.05, 4.69) is 10.2 Å². The zero-order chi connectivity index (χ0) is 20.4. The summed E-state index contributed by atoms with van der Waals surface area (Å²) in [5.41, 5.74) is 0.0247. The predicted octanol–water partition coefficient (Wildman–Crippen LogP) is 3.03. The van der Waals surface area contributed by atoms with Crippen LogP contribution >= 0.6 is 0 Å². The Morgan fingerprint density at radius 3 is 2.68 bits per heavy atom. The van der Waals surface area contributed by atoms with Crippen LogP contribution in [-0.4, -0.2) is 42.6 Å². The van der Waals surface area contributed by atoms with E-state index < -0.39 is 27.5 Å². The van der Waals surface area contributed by atoms with Crippen molar-refractivity contribution in [2.75, 3.05) is 19.7 Å². The van der Waals surface area contributed by atoms with Gasteiger partial charge in [-0.1, -0.05) is 18.2 Å². The van der Waals surface area contributed by atoms with Gasteiger partial charge in [-0.25, -0.2) is 12.7 Å². The van der Waals surface area contributed by atoms with Crippen molar-refractivity contribution in [3.05, 3.63) is 53.2 Å². The van der Waals surface area contributed by atoms with Crippen LogP contribution in [0.3, 0.4) is 0 Å². The summed E-state index contributed by atoms with van der Waals surface area (Å²) >= 11 is 0. The van der Waals surface area contributed by atoms with Gasteiger partial charge in [0.25, 0.3) is 0 Å². The van der Waals surface area contributed by atoms with Gasteiger partial charge in [-0.05, 0) is 31.0 Å². The molecule has 0 bridgehead atoms. The minimum absolute atomic E-state index is 0.0145. The van der Waals surface area contributed by atoms with Crippen molar-refractivity contribution >= 4 is 10.0 Å². The number of hydrogen-bond donors (Lipinski definition) is 0. The minimum Gasteiger partial charge on any atom is -0.476 e. The van der Waals surface area contributed by atoms with Crippen molar-refractivity contribution in [3.63, 3.8) is 0 Å². The lowest BCUT2D eigenvalue weighted by Crippen LogP contribution is -2.30. The first-order valence-corrected chi connectivity index (χ1v) is 10.3. The molecule has 1 aromatic carbocycles. The lowest BCUT2D eigenvalue weighted by atomic mass is 10.1. The highest BCUT2D eigenvalue weighted by molar-refractivity contribution is 7.88. The van der Waals surface area contributed by atoms with Gasteiger partial charge in [-0.15, -0.1) is 5.10 Å². The van der Waals surface area contributed by atoms with E-state index in [1.54, 1.807) is 19.1 Å². The van der Waals surface area contributed by atoms with Crippen LogP contribution in [0.15, 0.2) is 36.4 Å². The molecule has 152 valence electrons. The zero-order valence-electron chi connectivity index (χ0n) is 15.2. The van der Waals surface area contributed by atoms with E-state index in [1.165, 1.54) is 16.4 Å². The Labute approximate surface area is 161 Å². The summed E-state index contributed by atoms with van der Waals surface area (Å²) in [6.07, 6.45) is -3.89. The fraction of sp³-hybridized carbons (Fsp3) is 0.444. The van der Waals surface area contributed by atoms with Gasteiger partial charge >= 0.3 is 6.18 Å². The highest BCUT2D eigenvalue weighted by Gasteiger charge is 2.33. The number of alkyl halides is 3. The summed E-state index contributed by atoms with van der Waals surface area (Å²) in [5, 5.41) is 7.78. The van der Waals surface area contributed by atoms with Crippen LogP contribution in [0.5, 0.6) is 5.88 Å². The molecule has 1 aliphatic rings. The Kier molecular flexibility index (Phi) is 5.90. The summed E-state index contributed by atoms with van der Waals surface area (Å²) in [6, 6.07) is 7.87. The summed E-state index contributed by atoms with van der Waals surface area (Å²) in [6.45, 7) is 2.68. The van der Waals surface area contributed by atoms with Gasteiger partial charge in [0.1, 0.15) is 0 Å². The quantitative estimate of drug-likeness (QED) is 0.725. The Morgan fingerprint density at radius 1 is 1.21 bits per heavy atom. The monoisotopic (exact) mass is 415 g/mol. The maximum absolute atomic E-state index is 12.8. The van der Waals surface area contributed by atoms with Crippen LogP contribution < -0.4 is 4.74 Å². The number of aromatic nitrogens is 2. The van der Waals surface area contributed by atoms with E-state index in [9.17, 15) is 21.6 Å². The van der Waals surface area contributed by atoms with E-state index in [-0.39, 0.29) is 18.0 Å². The third-order valence-corrected chi connectivity index (χ3v) is 6.30. The second-order valence-corrected chi connectivity index (χ2v) is 8.76. The van der Waals surface area contributed by atoms with Crippen molar-refractivity contribution < 1.29 is 26.3 Å². The fourth-order valence-corrected chi connectivity index (χ4v) is 4.60. The zero-order valence-corrected chi connectivity index (χ0v) is 16.0. The van der Waals surface area contributed by atoms with Gasteiger partial charge in [0, 0.05) is 25.1 Å². The van der Waals surface area contributed by atoms with Gasteiger partial charge in [-0.3, -0.25) is 0 Å². The van der Waals surface area contributed by atoms with Crippen LogP contribution in [0.25, 0.3) is 0 Å². The summed E-state index contributed by atoms with van der Waals surface area (Å²) < 4.78 is 70.5. The van der Waals surface area contributed by atoms with E-state index in [0.717, 1.165) is 17.8 Å². The van der Waals surface area contributed by atoms with Crippen molar-refractivity contribution in [2.45, 2.75) is 25.3 Å². The molecule has 3 rings (SSSR count). The van der Waals surface area contributed by atoms with Crippen LogP contribution in [-0.2, 0) is 22.0 Å². The highest BCUT2D eigenvalue weighted by atomic mass is 32.2. The second-order valence-electron chi connectivity index (χ2n) is 6.79. The Bertz CT molecular complexity index is 918. The number of nitrogens with zero attached hydrogens (tertiary/aromatic N) is 3. The predicted molar refractivity (Wildman–Crippen MR) is 96.0 cm³/mol. The first-order valence-electron chi connectivity index (χ1n) is 8.70. The third kappa shape index (κ3) is 5.20. The minimum atomic E-state index is -4.51. The van der Waals surface area contributed by atoms with Gasteiger partial charge in [0.05, 0.1) is 23.6 Å². The summed E-state index contributed by atoms with van der Waals surface area (Å²) in [5.74, 6) is -0.108. The van der Waals surface area contributed by atoms with Gasteiger partial charge in [0.15, 0.2) is 0 Å². The van der Waals surface area contributed by atoms with Crippen LogP contribution in [0, 0.1) is 12.8 Å². The Morgan fingerprint density at radius 2 is 2.00 bits per heavy atom. The molecule has 6 nitrogen and oxygen atoms in total. The van der Waals surface area contributed by atoms with E-state index in [4.69, 9.17) is 4.74 Å². The maximum atomic E-state index is 12.8. The maximum Gasteiger partial charge on any atom is 0.416 e. The number of benzene rings is 1. The molecule has 0 N–H and O–H groups in total. The molecule has 0 amide bonds. The first-order chi connectivity index (χ1) is 13.1. The molecular formula is C18H20F3N3O3S. The molecule has 1 aromatic heterocycles. The molecule has 1 atom stereocenters. The Balaban J connectivity index is 1.58. The average Bonchev–Trinajstić information content (AvgIpc) is 3.10. The molecule has 2 aromatic rings. The lowest BCUT2D eigenvalue weighted by molar-refractivity contribution is -0.137. The van der Waals surface area contributed by atoms with Crippen molar-refractivity contribution in [1.29, 1.82) is 0 Å². The standard InChI is InChI=1S/C18H20F3N3O3S/c1-13-5-6-17(23-22-13)27-11-15-7-8-24(10-15)28(25,26)12-14-3-2-4-16(9-14)18(19,20)21/h2-6,9,15H,7-8,10-12H2,1H3. The number of hydrogen-bond acceptors (Lipinski definition) is 5. The molecule has 0 radical (unpaired) electrons. The van der Waals surface area contributed by atoms with Crippen LogP contribution in [0.1, 0.15) is 23.2 Å². The SMILES string of the molecule is Cc1ccc(OCC2CCN(S(=O)(=O)Cc3cccc(C(F)(F)F)c3)C2)nn1. The molecule has 1 saturated heterocycles. The van der Waals surface area contributed by atoms with Crippen molar-refractivity contribution in [1.82, 2.24) is 14.5 Å². The van der Waals surface area contributed by atoms with Crippen LogP contribution in [0.4, 0.5) is 13.2 Å². The smallest absolute Gasteiger partial charge is 0.416 e. The Hall–Kier alpha value is -2.20. The molecule has 0 spiro atoms. The number of sulfonamides is 1. The molecular weight excluding hydrogens is 395 g/mol. The number of ether oxygens (including phenoxy) is 1. The third-order valence-electron chi connectivity index (χ3n) is 4.49. The lowest BCUT2D eigenvalue weighted by Gasteiger charge is -2.17. The van der Waals surface area contributed by atoms with Crippen molar-refractivity contribution in [3.8, 4) is 5.88 Å². The molecule has 0 aliphatic carbocycles. The summed E-state index contributed by atoms with van der Waals surface area (Å²) in [7, 11) is -3.71. The summed E-state index contributed by atoms with van der Waals surface area (Å²) in [4.78, 5) is 0. The van der Waals surface area contributed by atoms with Gasteiger partial charge in [0.2, 0.25) is 15.9 Å². The van der Waals surface area contributed by atoms with Gasteiger partial charge < -0.3 is 4.74 Å². The van der Waals surface area contributed by atoms with Gasteiger partial charge in [-0.2, -0.15) is 18.3 Å². The van der Waals surface area contributed by atoms with Crippen LogP contribution in [0.2, 0.25) is 0 Å². The first kappa shape index (κ1) is 20.5. The molecule has 0 saturated carbocycles.